The van der Waals surface area contributed by atoms with Crippen molar-refractivity contribution in [1.29, 1.82) is 0 Å². The molecular weight excluding hydrogens is 627 g/mol. The molecule has 1 aromatic heterocycles. The van der Waals surface area contributed by atoms with Crippen LogP contribution in [-0.2, 0) is 23.3 Å². The van der Waals surface area contributed by atoms with Crippen molar-refractivity contribution in [3.8, 4) is 5.75 Å². The van der Waals surface area contributed by atoms with Crippen LogP contribution in [0.25, 0.3) is 0 Å². The smallest absolute Gasteiger partial charge is 0.278 e. The van der Waals surface area contributed by atoms with E-state index in [1.165, 1.54) is 15.8 Å². The van der Waals surface area contributed by atoms with E-state index in [0.717, 1.165) is 22.3 Å². The van der Waals surface area contributed by atoms with Gasteiger partial charge in [0.2, 0.25) is 0 Å². The summed E-state index contributed by atoms with van der Waals surface area (Å²) >= 11 is 0. The first-order valence-electron chi connectivity index (χ1n) is 16.0. The summed E-state index contributed by atoms with van der Waals surface area (Å²) < 4.78 is 44.4. The van der Waals surface area contributed by atoms with Gasteiger partial charge in [-0.1, -0.05) is 121 Å². The van der Waals surface area contributed by atoms with E-state index in [2.05, 4.69) is 5.10 Å². The molecule has 10 heteroatoms. The Bertz CT molecular complexity index is 1950. The molecule has 1 fully saturated rings. The van der Waals surface area contributed by atoms with E-state index < -0.39 is 32.7 Å². The second-order valence-electron chi connectivity index (χ2n) is 12.0. The number of ether oxygens (including phenoxy) is 1. The van der Waals surface area contributed by atoms with Crippen LogP contribution in [0.5, 0.6) is 5.75 Å². The number of carbonyl (C=O) groups excluding carboxylic acids is 1. The van der Waals surface area contributed by atoms with Gasteiger partial charge in [-0.2, -0.15) is 13.5 Å². The lowest BCUT2D eigenvalue weighted by Crippen LogP contribution is -2.48. The molecule has 2 heterocycles. The molecule has 0 spiro atoms. The molecule has 1 unspecified atom stereocenters. The number of nitrogens with zero attached hydrogens (tertiary/aromatic N) is 3. The zero-order valence-electron chi connectivity index (χ0n) is 26.3. The topological polar surface area (TPSA) is 119 Å². The zero-order chi connectivity index (χ0) is 33.5. The number of benzene rings is 4. The fourth-order valence-electron chi connectivity index (χ4n) is 6.45. The van der Waals surface area contributed by atoms with E-state index in [0.29, 0.717) is 12.8 Å². The lowest BCUT2D eigenvalue weighted by Gasteiger charge is -2.32. The summed E-state index contributed by atoms with van der Waals surface area (Å²) in [5.74, 6) is -1.10. The van der Waals surface area contributed by atoms with Gasteiger partial charge < -0.3 is 9.64 Å². The van der Waals surface area contributed by atoms with Crippen LogP contribution in [0.2, 0.25) is 0 Å². The largest absolute Gasteiger partial charge is 0.483 e. The fraction of sp³-hybridized carbons (Fsp3) is 0.237. The highest BCUT2D eigenvalue weighted by atomic mass is 32.2. The van der Waals surface area contributed by atoms with Gasteiger partial charge in [-0.3, -0.25) is 18.8 Å². The molecule has 48 heavy (non-hydrogen) atoms. The van der Waals surface area contributed by atoms with Crippen LogP contribution < -0.4 is 10.2 Å². The Morgan fingerprint density at radius 1 is 0.833 bits per heavy atom. The zero-order valence-corrected chi connectivity index (χ0v) is 27.2. The summed E-state index contributed by atoms with van der Waals surface area (Å²) in [7, 11) is -4.64. The predicted molar refractivity (Wildman–Crippen MR) is 184 cm³/mol. The van der Waals surface area contributed by atoms with Crippen LogP contribution in [0.1, 0.15) is 57.9 Å². The Morgan fingerprint density at radius 3 is 1.94 bits per heavy atom. The Labute approximate surface area is 280 Å². The SMILES string of the molecule is O=C(c1nn(Cc2ccccc2)cc(OCc2ccccc2)c1=O)N1CCC[C@@H]1C(CC(c1ccccc1)c1ccccc1)S(=O)(=O)O. The van der Waals surface area contributed by atoms with Crippen LogP contribution in [0, 0.1) is 0 Å². The van der Waals surface area contributed by atoms with E-state index in [1.54, 1.807) is 0 Å². The average Bonchev–Trinajstić information content (AvgIpc) is 3.59. The summed E-state index contributed by atoms with van der Waals surface area (Å²) in [5, 5.41) is 3.15. The summed E-state index contributed by atoms with van der Waals surface area (Å²) in [6.07, 6.45) is 2.37. The quantitative estimate of drug-likeness (QED) is 0.164. The highest BCUT2D eigenvalue weighted by molar-refractivity contribution is 7.86. The Balaban J connectivity index is 1.35. The van der Waals surface area contributed by atoms with Crippen molar-refractivity contribution in [2.24, 2.45) is 0 Å². The molecule has 1 N–H and O–H groups in total. The number of amides is 1. The Kier molecular flexibility index (Phi) is 10.1. The Morgan fingerprint density at radius 2 is 1.38 bits per heavy atom. The highest BCUT2D eigenvalue weighted by Crippen LogP contribution is 2.36. The molecule has 0 bridgehead atoms. The molecule has 0 radical (unpaired) electrons. The first-order chi connectivity index (χ1) is 23.3. The van der Waals surface area contributed by atoms with Crippen molar-refractivity contribution in [3.05, 3.63) is 166 Å². The van der Waals surface area contributed by atoms with Crippen LogP contribution in [-0.4, -0.2) is 51.4 Å². The fourth-order valence-corrected chi connectivity index (χ4v) is 7.57. The van der Waals surface area contributed by atoms with Crippen LogP contribution in [0.15, 0.2) is 132 Å². The molecule has 0 aliphatic carbocycles. The first kappa shape index (κ1) is 32.9. The van der Waals surface area contributed by atoms with Crippen molar-refractivity contribution in [3.63, 3.8) is 0 Å². The summed E-state index contributed by atoms with van der Waals surface area (Å²) in [4.78, 5) is 29.5. The van der Waals surface area contributed by atoms with Gasteiger partial charge in [-0.25, -0.2) is 0 Å². The molecule has 1 aliphatic rings. The summed E-state index contributed by atoms with van der Waals surface area (Å²) in [6.45, 7) is 0.596. The molecule has 1 amide bonds. The third-order valence-electron chi connectivity index (χ3n) is 8.80. The molecule has 4 aromatic carbocycles. The van der Waals surface area contributed by atoms with E-state index in [-0.39, 0.29) is 43.5 Å². The standard InChI is InChI=1S/C38H37N3O6S/c42-37-34(47-27-29-16-7-2-8-17-29)26-40(25-28-14-5-1-6-15-28)39-36(37)38(43)41-23-13-22-33(41)35(48(44,45)46)24-32(30-18-9-3-10-19-30)31-20-11-4-12-21-31/h1-12,14-21,26,32-33,35H,13,22-25,27H2,(H,44,45,46)/t33-,35?/m1/s1. The molecule has 2 atom stereocenters. The van der Waals surface area contributed by atoms with Gasteiger partial charge >= 0.3 is 0 Å². The molecule has 1 aliphatic heterocycles. The molecule has 5 aromatic rings. The van der Waals surface area contributed by atoms with Crippen LogP contribution in [0.4, 0.5) is 0 Å². The molecule has 1 saturated heterocycles. The monoisotopic (exact) mass is 663 g/mol. The van der Waals surface area contributed by atoms with Crippen molar-refractivity contribution in [2.45, 2.75) is 49.6 Å². The van der Waals surface area contributed by atoms with Crippen molar-refractivity contribution < 1.29 is 22.5 Å². The van der Waals surface area contributed by atoms with Crippen molar-refractivity contribution in [1.82, 2.24) is 14.7 Å². The van der Waals surface area contributed by atoms with Gasteiger partial charge in [0.1, 0.15) is 11.9 Å². The lowest BCUT2D eigenvalue weighted by atomic mass is 9.86. The number of rotatable bonds is 12. The third kappa shape index (κ3) is 7.73. The second-order valence-corrected chi connectivity index (χ2v) is 13.6. The van der Waals surface area contributed by atoms with E-state index in [9.17, 15) is 22.6 Å². The maximum Gasteiger partial charge on any atom is 0.278 e. The number of carbonyl (C=O) groups is 1. The number of aromatic nitrogens is 2. The van der Waals surface area contributed by atoms with Crippen molar-refractivity contribution in [2.75, 3.05) is 6.54 Å². The van der Waals surface area contributed by atoms with Gasteiger partial charge in [-0.05, 0) is 41.5 Å². The maximum atomic E-state index is 14.3. The van der Waals surface area contributed by atoms with E-state index in [1.807, 2.05) is 121 Å². The van der Waals surface area contributed by atoms with E-state index >= 15 is 0 Å². The first-order valence-corrected chi connectivity index (χ1v) is 17.5. The van der Waals surface area contributed by atoms with Gasteiger partial charge in [0.05, 0.1) is 18.8 Å². The summed E-state index contributed by atoms with van der Waals surface area (Å²) in [5.41, 5.74) is 2.49. The highest BCUT2D eigenvalue weighted by Gasteiger charge is 2.43. The minimum Gasteiger partial charge on any atom is -0.483 e. The van der Waals surface area contributed by atoms with Crippen LogP contribution >= 0.6 is 0 Å². The van der Waals surface area contributed by atoms with Gasteiger partial charge in [0.25, 0.3) is 21.5 Å². The van der Waals surface area contributed by atoms with Crippen LogP contribution in [0.3, 0.4) is 0 Å². The summed E-state index contributed by atoms with van der Waals surface area (Å²) in [6, 6.07) is 37.0. The van der Waals surface area contributed by atoms with E-state index in [4.69, 9.17) is 4.74 Å². The lowest BCUT2D eigenvalue weighted by molar-refractivity contribution is 0.0718. The second kappa shape index (κ2) is 14.8. The number of likely N-dealkylation sites (tertiary alicyclic amines) is 1. The molecule has 0 saturated carbocycles. The minimum atomic E-state index is -4.64. The average molecular weight is 664 g/mol. The molecular formula is C38H37N3O6S. The van der Waals surface area contributed by atoms with Gasteiger partial charge in [0.15, 0.2) is 11.4 Å². The molecule has 9 nitrogen and oxygen atoms in total. The molecule has 6 rings (SSSR count). The molecule has 246 valence electrons. The predicted octanol–water partition coefficient (Wildman–Crippen LogP) is 5.95. The van der Waals surface area contributed by atoms with Gasteiger partial charge in [-0.15, -0.1) is 0 Å². The minimum absolute atomic E-state index is 0.0349. The van der Waals surface area contributed by atoms with Crippen molar-refractivity contribution >= 4 is 16.0 Å². The third-order valence-corrected chi connectivity index (χ3v) is 10.1. The normalized spacial score (nSPS) is 15.4. The number of hydrogen-bond donors (Lipinski definition) is 1. The number of hydrogen-bond acceptors (Lipinski definition) is 6. The maximum absolute atomic E-state index is 14.3. The Hall–Kier alpha value is -5.06. The van der Waals surface area contributed by atoms with Gasteiger partial charge in [0, 0.05) is 12.5 Å².